The normalized spacial score (nSPS) is 19.5. The molecule has 0 aliphatic carbocycles. The van der Waals surface area contributed by atoms with E-state index in [0.29, 0.717) is 31.1 Å². The summed E-state index contributed by atoms with van der Waals surface area (Å²) >= 11 is 0. The van der Waals surface area contributed by atoms with Gasteiger partial charge in [0.1, 0.15) is 5.82 Å². The van der Waals surface area contributed by atoms with E-state index in [1.54, 1.807) is 6.92 Å². The maximum atomic E-state index is 13.0. The summed E-state index contributed by atoms with van der Waals surface area (Å²) in [6.07, 6.45) is 2.39. The summed E-state index contributed by atoms with van der Waals surface area (Å²) in [5, 5.41) is 2.79. The number of hydrogen-bond acceptors (Lipinski definition) is 4. The predicted octanol–water partition coefficient (Wildman–Crippen LogP) is 3.28. The molecule has 2 aromatic rings. The van der Waals surface area contributed by atoms with Gasteiger partial charge >= 0.3 is 0 Å². The lowest BCUT2D eigenvalue weighted by molar-refractivity contribution is -0.122. The van der Waals surface area contributed by atoms with Crippen molar-refractivity contribution in [2.24, 2.45) is 5.92 Å². The first-order valence-electron chi connectivity index (χ1n) is 9.98. The van der Waals surface area contributed by atoms with Gasteiger partial charge in [-0.05, 0) is 62.6 Å². The molecule has 2 atom stereocenters. The van der Waals surface area contributed by atoms with Crippen LogP contribution >= 0.6 is 0 Å². The first kappa shape index (κ1) is 19.5. The van der Waals surface area contributed by atoms with Gasteiger partial charge in [-0.2, -0.15) is 0 Å². The average molecular weight is 397 g/mol. The van der Waals surface area contributed by atoms with Gasteiger partial charge in [-0.25, -0.2) is 4.39 Å². The molecular formula is C22H24FN3O3. The number of amides is 2. The fourth-order valence-electron chi connectivity index (χ4n) is 3.80. The minimum absolute atomic E-state index is 0.0824. The fraction of sp³-hybridized carbons (Fsp3) is 0.409. The summed E-state index contributed by atoms with van der Waals surface area (Å²) in [5.41, 5.74) is 2.88. The van der Waals surface area contributed by atoms with Crippen LogP contribution in [0, 0.1) is 11.7 Å². The monoisotopic (exact) mass is 397 g/mol. The molecule has 7 heteroatoms. The Labute approximate surface area is 169 Å². The number of aromatic nitrogens is 1. The molecule has 152 valence electrons. The van der Waals surface area contributed by atoms with Crippen molar-refractivity contribution in [3.8, 4) is 0 Å². The van der Waals surface area contributed by atoms with E-state index in [1.807, 2.05) is 17.0 Å². The van der Waals surface area contributed by atoms with Gasteiger partial charge in [-0.15, -0.1) is 0 Å². The van der Waals surface area contributed by atoms with Crippen LogP contribution in [-0.4, -0.2) is 36.6 Å². The van der Waals surface area contributed by atoms with Crippen molar-refractivity contribution in [2.45, 2.75) is 32.1 Å². The largest absolute Gasteiger partial charge is 0.381 e. The molecule has 0 bridgehead atoms. The Balaban J connectivity index is 1.50. The van der Waals surface area contributed by atoms with E-state index in [9.17, 15) is 14.0 Å². The highest BCUT2D eigenvalue weighted by atomic mass is 19.1. The van der Waals surface area contributed by atoms with Crippen molar-refractivity contribution >= 4 is 23.2 Å². The summed E-state index contributed by atoms with van der Waals surface area (Å²) in [7, 11) is 0. The molecule has 1 aromatic carbocycles. The van der Waals surface area contributed by atoms with Crippen molar-refractivity contribution in [3.05, 3.63) is 53.6 Å². The second-order valence-electron chi connectivity index (χ2n) is 7.57. The number of anilines is 2. The van der Waals surface area contributed by atoms with Crippen LogP contribution in [0.1, 0.15) is 37.1 Å². The number of benzene rings is 1. The summed E-state index contributed by atoms with van der Waals surface area (Å²) < 4.78 is 18.4. The van der Waals surface area contributed by atoms with E-state index in [0.717, 1.165) is 30.6 Å². The first-order chi connectivity index (χ1) is 14.0. The maximum Gasteiger partial charge on any atom is 0.233 e. The molecule has 1 saturated heterocycles. The number of nitrogens with one attached hydrogen (secondary N) is 1. The molecule has 1 N–H and O–H groups in total. The van der Waals surface area contributed by atoms with E-state index >= 15 is 0 Å². The van der Waals surface area contributed by atoms with Crippen molar-refractivity contribution in [3.63, 3.8) is 0 Å². The Morgan fingerprint density at radius 2 is 2.03 bits per heavy atom. The molecule has 0 radical (unpaired) electrons. The Bertz CT molecular complexity index is 910. The van der Waals surface area contributed by atoms with Crippen LogP contribution in [0.3, 0.4) is 0 Å². The minimum atomic E-state index is -0.473. The van der Waals surface area contributed by atoms with Crippen LogP contribution in [-0.2, 0) is 20.7 Å². The van der Waals surface area contributed by atoms with Crippen molar-refractivity contribution in [2.75, 3.05) is 30.0 Å². The van der Waals surface area contributed by atoms with Crippen LogP contribution in [0.4, 0.5) is 15.8 Å². The zero-order chi connectivity index (χ0) is 20.4. The van der Waals surface area contributed by atoms with Crippen molar-refractivity contribution in [1.29, 1.82) is 0 Å². The predicted molar refractivity (Wildman–Crippen MR) is 107 cm³/mol. The molecule has 0 spiro atoms. The molecule has 0 saturated carbocycles. The number of halogens is 1. The van der Waals surface area contributed by atoms with E-state index in [1.165, 1.54) is 24.3 Å². The molecular weight excluding hydrogens is 373 g/mol. The van der Waals surface area contributed by atoms with Crippen molar-refractivity contribution in [1.82, 2.24) is 4.98 Å². The van der Waals surface area contributed by atoms with Gasteiger partial charge in [0.05, 0.1) is 35.5 Å². The zero-order valence-electron chi connectivity index (χ0n) is 16.4. The molecule has 1 fully saturated rings. The number of pyridine rings is 1. The molecule has 0 unspecified atom stereocenters. The molecule has 1 aromatic heterocycles. The van der Waals surface area contributed by atoms with Gasteiger partial charge in [0.15, 0.2) is 0 Å². The Kier molecular flexibility index (Phi) is 5.58. The Morgan fingerprint density at radius 3 is 2.76 bits per heavy atom. The number of carbonyl (C=O) groups excluding carboxylic acids is 2. The van der Waals surface area contributed by atoms with Crippen LogP contribution in [0.2, 0.25) is 0 Å². The quantitative estimate of drug-likeness (QED) is 0.860. The molecule has 3 heterocycles. The smallest absolute Gasteiger partial charge is 0.233 e. The van der Waals surface area contributed by atoms with Gasteiger partial charge in [-0.3, -0.25) is 14.6 Å². The lowest BCUT2D eigenvalue weighted by atomic mass is 10.00. The van der Waals surface area contributed by atoms with Crippen LogP contribution in [0.15, 0.2) is 36.4 Å². The van der Waals surface area contributed by atoms with E-state index in [-0.39, 0.29) is 23.5 Å². The highest BCUT2D eigenvalue weighted by molar-refractivity contribution is 5.97. The third-order valence-electron chi connectivity index (χ3n) is 5.55. The number of rotatable bonds is 4. The first-order valence-corrected chi connectivity index (χ1v) is 9.98. The van der Waals surface area contributed by atoms with Crippen LogP contribution in [0.5, 0.6) is 0 Å². The average Bonchev–Trinajstić information content (AvgIpc) is 3.28. The lowest BCUT2D eigenvalue weighted by Crippen LogP contribution is -2.40. The fourth-order valence-corrected chi connectivity index (χ4v) is 3.80. The van der Waals surface area contributed by atoms with Gasteiger partial charge in [-0.1, -0.05) is 0 Å². The molecule has 2 aliphatic rings. The van der Waals surface area contributed by atoms with Gasteiger partial charge < -0.3 is 15.0 Å². The van der Waals surface area contributed by atoms with Gasteiger partial charge in [0.25, 0.3) is 0 Å². The van der Waals surface area contributed by atoms with E-state index in [4.69, 9.17) is 9.72 Å². The van der Waals surface area contributed by atoms with Crippen LogP contribution in [0.25, 0.3) is 0 Å². The third kappa shape index (κ3) is 4.15. The summed E-state index contributed by atoms with van der Waals surface area (Å²) in [4.78, 5) is 32.0. The standard InChI is InChI=1S/C22H24FN3O3/c1-14(21(27)24-17-6-4-16(23)5-7-17)18-8-9-20-19(25-18)3-2-11-26(20)22(28)15-10-12-29-13-15/h4-9,14-15H,2-3,10-13H2,1H3,(H,24,27)/t14-,15+/m1/s1. The number of hydrogen-bond donors (Lipinski definition) is 1. The molecule has 29 heavy (non-hydrogen) atoms. The number of nitrogens with zero attached hydrogens (tertiary/aromatic N) is 2. The van der Waals surface area contributed by atoms with E-state index in [2.05, 4.69) is 5.32 Å². The molecule has 2 amide bonds. The molecule has 4 rings (SSSR count). The SMILES string of the molecule is C[C@@H](C(=O)Nc1ccc(F)cc1)c1ccc2c(n1)CCCN2C(=O)[C@H]1CCOC1. The summed E-state index contributed by atoms with van der Waals surface area (Å²) in [6.45, 7) is 3.59. The number of ether oxygens (including phenoxy) is 1. The minimum Gasteiger partial charge on any atom is -0.381 e. The topological polar surface area (TPSA) is 71.5 Å². The highest BCUT2D eigenvalue weighted by Gasteiger charge is 2.32. The Hall–Kier alpha value is -2.80. The Morgan fingerprint density at radius 1 is 1.24 bits per heavy atom. The second kappa shape index (κ2) is 8.29. The second-order valence-corrected chi connectivity index (χ2v) is 7.57. The molecule has 6 nitrogen and oxygen atoms in total. The highest BCUT2D eigenvalue weighted by Crippen LogP contribution is 2.30. The number of carbonyl (C=O) groups is 2. The molecule has 2 aliphatic heterocycles. The van der Waals surface area contributed by atoms with Crippen molar-refractivity contribution < 1.29 is 18.7 Å². The summed E-state index contributed by atoms with van der Waals surface area (Å²) in [5.74, 6) is -1.02. The number of fused-ring (bicyclic) bond motifs is 1. The lowest BCUT2D eigenvalue weighted by Gasteiger charge is -2.31. The van der Waals surface area contributed by atoms with E-state index < -0.39 is 5.92 Å². The number of aryl methyl sites for hydroxylation is 1. The zero-order valence-corrected chi connectivity index (χ0v) is 16.4. The van der Waals surface area contributed by atoms with Crippen LogP contribution < -0.4 is 10.2 Å². The van der Waals surface area contributed by atoms with Gasteiger partial charge in [0, 0.05) is 18.8 Å². The maximum absolute atomic E-state index is 13.0. The van der Waals surface area contributed by atoms with Gasteiger partial charge in [0.2, 0.25) is 11.8 Å². The third-order valence-corrected chi connectivity index (χ3v) is 5.55. The summed E-state index contributed by atoms with van der Waals surface area (Å²) in [6, 6.07) is 9.36.